The van der Waals surface area contributed by atoms with Gasteiger partial charge in [-0.3, -0.25) is 9.69 Å². The topological polar surface area (TPSA) is 60.4 Å². The highest BCUT2D eigenvalue weighted by molar-refractivity contribution is 8.13. The van der Waals surface area contributed by atoms with Crippen LogP contribution in [0, 0.1) is 6.92 Å². The van der Waals surface area contributed by atoms with Gasteiger partial charge in [-0.05, 0) is 55.7 Å². The summed E-state index contributed by atoms with van der Waals surface area (Å²) in [4.78, 5) is 19.4. The van der Waals surface area contributed by atoms with Crippen LogP contribution >= 0.6 is 11.8 Å². The standard InChI is InChI=1S/C24H28N2O4S/c1-5-7-18-9-11-21(22(15-18)29-4)30-16-23(27)26-12-6-13-31-24(26)25-19-14-17(2)8-10-20(19)28-3/h5,7-11,14-15H,6,12-13,16H2,1-4H3/b7-5+,25-24?. The van der Waals surface area contributed by atoms with Crippen molar-refractivity contribution in [3.05, 3.63) is 53.6 Å². The molecule has 1 fully saturated rings. The first-order valence-corrected chi connectivity index (χ1v) is 11.1. The predicted molar refractivity (Wildman–Crippen MR) is 127 cm³/mol. The molecule has 0 unspecified atom stereocenters. The number of amidine groups is 1. The molecule has 2 aromatic carbocycles. The van der Waals surface area contributed by atoms with Crippen molar-refractivity contribution in [3.8, 4) is 17.2 Å². The van der Waals surface area contributed by atoms with Crippen molar-refractivity contribution < 1.29 is 19.0 Å². The van der Waals surface area contributed by atoms with Crippen molar-refractivity contribution in [3.63, 3.8) is 0 Å². The van der Waals surface area contributed by atoms with E-state index < -0.39 is 0 Å². The minimum atomic E-state index is -0.142. The van der Waals surface area contributed by atoms with Gasteiger partial charge in [0.15, 0.2) is 23.3 Å². The summed E-state index contributed by atoms with van der Waals surface area (Å²) < 4.78 is 16.7. The van der Waals surface area contributed by atoms with E-state index in [0.717, 1.165) is 23.3 Å². The quantitative estimate of drug-likeness (QED) is 0.601. The van der Waals surface area contributed by atoms with E-state index in [1.165, 1.54) is 0 Å². The van der Waals surface area contributed by atoms with Crippen molar-refractivity contribution in [2.24, 2.45) is 4.99 Å². The molecule has 1 heterocycles. The fourth-order valence-corrected chi connectivity index (χ4v) is 4.16. The molecule has 0 aliphatic carbocycles. The molecule has 0 N–H and O–H groups in total. The normalized spacial score (nSPS) is 15.4. The Hall–Kier alpha value is -2.93. The van der Waals surface area contributed by atoms with Crippen LogP contribution in [0.1, 0.15) is 24.5 Å². The average Bonchev–Trinajstić information content (AvgIpc) is 2.78. The van der Waals surface area contributed by atoms with Crippen molar-refractivity contribution in [1.29, 1.82) is 0 Å². The minimum absolute atomic E-state index is 0.0934. The van der Waals surface area contributed by atoms with E-state index in [9.17, 15) is 4.79 Å². The van der Waals surface area contributed by atoms with Crippen LogP contribution in [0.5, 0.6) is 17.2 Å². The van der Waals surface area contributed by atoms with Crippen molar-refractivity contribution in [1.82, 2.24) is 4.90 Å². The van der Waals surface area contributed by atoms with E-state index in [-0.39, 0.29) is 12.5 Å². The van der Waals surface area contributed by atoms with E-state index in [0.29, 0.717) is 34.6 Å². The SMILES string of the molecule is C/C=C/c1ccc(OCC(=O)N2CCCSC2=Nc2cc(C)ccc2OC)c(OC)c1. The molecule has 164 valence electrons. The number of nitrogens with zero attached hydrogens (tertiary/aromatic N) is 2. The van der Waals surface area contributed by atoms with E-state index >= 15 is 0 Å². The molecule has 0 spiro atoms. The zero-order valence-electron chi connectivity index (χ0n) is 18.4. The van der Waals surface area contributed by atoms with Gasteiger partial charge in [0.25, 0.3) is 5.91 Å². The van der Waals surface area contributed by atoms with Crippen LogP contribution in [-0.4, -0.2) is 49.1 Å². The van der Waals surface area contributed by atoms with Gasteiger partial charge >= 0.3 is 0 Å². The first kappa shape index (κ1) is 22.7. The molecular weight excluding hydrogens is 412 g/mol. The van der Waals surface area contributed by atoms with E-state index in [2.05, 4.69) is 0 Å². The molecular formula is C24H28N2O4S. The molecule has 7 heteroatoms. The third-order valence-corrected chi connectivity index (χ3v) is 5.80. The van der Waals surface area contributed by atoms with Crippen LogP contribution in [0.3, 0.4) is 0 Å². The Morgan fingerprint density at radius 1 is 1.13 bits per heavy atom. The lowest BCUT2D eigenvalue weighted by Crippen LogP contribution is -2.41. The molecule has 0 atom stereocenters. The summed E-state index contributed by atoms with van der Waals surface area (Å²) in [7, 11) is 3.21. The second kappa shape index (κ2) is 10.9. The van der Waals surface area contributed by atoms with Gasteiger partial charge in [0.2, 0.25) is 0 Å². The number of thioether (sulfide) groups is 1. The average molecular weight is 441 g/mol. The maximum Gasteiger partial charge on any atom is 0.266 e. The smallest absolute Gasteiger partial charge is 0.266 e. The molecule has 3 rings (SSSR count). The number of hydrogen-bond acceptors (Lipinski definition) is 6. The molecule has 0 bridgehead atoms. The highest BCUT2D eigenvalue weighted by Gasteiger charge is 2.25. The lowest BCUT2D eigenvalue weighted by atomic mass is 10.2. The number of hydrogen-bond donors (Lipinski definition) is 0. The number of aliphatic imine (C=N–C) groups is 1. The van der Waals surface area contributed by atoms with Crippen molar-refractivity contribution in [2.75, 3.05) is 33.1 Å². The van der Waals surface area contributed by atoms with Gasteiger partial charge in [-0.25, -0.2) is 4.99 Å². The monoisotopic (exact) mass is 440 g/mol. The first-order chi connectivity index (χ1) is 15.0. The maximum atomic E-state index is 13.0. The molecule has 6 nitrogen and oxygen atoms in total. The number of carbonyl (C=O) groups is 1. The number of allylic oxidation sites excluding steroid dienone is 1. The molecule has 1 saturated heterocycles. The Labute approximate surface area is 187 Å². The number of carbonyl (C=O) groups excluding carboxylic acids is 1. The van der Waals surface area contributed by atoms with Crippen LogP contribution in [0.25, 0.3) is 6.08 Å². The van der Waals surface area contributed by atoms with Crippen molar-refractivity contribution >= 4 is 34.6 Å². The van der Waals surface area contributed by atoms with Crippen LogP contribution in [0.4, 0.5) is 5.69 Å². The fourth-order valence-electron chi connectivity index (χ4n) is 3.19. The predicted octanol–water partition coefficient (Wildman–Crippen LogP) is 5.08. The number of rotatable bonds is 7. The Bertz CT molecular complexity index is 988. The van der Waals surface area contributed by atoms with Gasteiger partial charge in [0, 0.05) is 12.3 Å². The number of ether oxygens (including phenoxy) is 3. The molecule has 0 radical (unpaired) electrons. The van der Waals surface area contributed by atoms with Gasteiger partial charge in [0.05, 0.1) is 14.2 Å². The highest BCUT2D eigenvalue weighted by atomic mass is 32.2. The van der Waals surface area contributed by atoms with Crippen LogP contribution < -0.4 is 14.2 Å². The molecule has 0 aromatic heterocycles. The van der Waals surface area contributed by atoms with Gasteiger partial charge in [-0.15, -0.1) is 0 Å². The maximum absolute atomic E-state index is 13.0. The fraction of sp³-hybridized carbons (Fsp3) is 0.333. The summed E-state index contributed by atoms with van der Waals surface area (Å²) >= 11 is 1.57. The van der Waals surface area contributed by atoms with Crippen LogP contribution in [0.2, 0.25) is 0 Å². The summed E-state index contributed by atoms with van der Waals surface area (Å²) in [6, 6.07) is 11.4. The van der Waals surface area contributed by atoms with Crippen LogP contribution in [0.15, 0.2) is 47.5 Å². The van der Waals surface area contributed by atoms with Crippen molar-refractivity contribution in [2.45, 2.75) is 20.3 Å². The van der Waals surface area contributed by atoms with Gasteiger partial charge in [-0.1, -0.05) is 36.0 Å². The summed E-state index contributed by atoms with van der Waals surface area (Å²) in [6.07, 6.45) is 4.84. The molecule has 0 saturated carbocycles. The summed E-state index contributed by atoms with van der Waals surface area (Å²) in [5.41, 5.74) is 2.80. The Morgan fingerprint density at radius 3 is 2.65 bits per heavy atom. The zero-order valence-corrected chi connectivity index (χ0v) is 19.2. The number of aryl methyl sites for hydroxylation is 1. The summed E-state index contributed by atoms with van der Waals surface area (Å²) in [6.45, 7) is 4.48. The molecule has 1 aliphatic rings. The molecule has 2 aromatic rings. The number of methoxy groups -OCH3 is 2. The highest BCUT2D eigenvalue weighted by Crippen LogP contribution is 2.32. The Morgan fingerprint density at radius 2 is 1.90 bits per heavy atom. The van der Waals surface area contributed by atoms with Gasteiger partial charge in [0.1, 0.15) is 11.4 Å². The van der Waals surface area contributed by atoms with Crippen LogP contribution in [-0.2, 0) is 4.79 Å². The summed E-state index contributed by atoms with van der Waals surface area (Å²) in [5, 5.41) is 0.666. The third-order valence-electron chi connectivity index (χ3n) is 4.74. The largest absolute Gasteiger partial charge is 0.494 e. The van der Waals surface area contributed by atoms with Gasteiger partial charge < -0.3 is 14.2 Å². The minimum Gasteiger partial charge on any atom is -0.494 e. The van der Waals surface area contributed by atoms with E-state index in [1.807, 2.05) is 62.4 Å². The second-order valence-corrected chi connectivity index (χ2v) is 8.08. The molecule has 1 amide bonds. The zero-order chi connectivity index (χ0) is 22.2. The second-order valence-electron chi connectivity index (χ2n) is 7.02. The first-order valence-electron chi connectivity index (χ1n) is 10.2. The molecule has 31 heavy (non-hydrogen) atoms. The summed E-state index contributed by atoms with van der Waals surface area (Å²) in [5.74, 6) is 2.58. The number of benzene rings is 2. The van der Waals surface area contributed by atoms with E-state index in [4.69, 9.17) is 19.2 Å². The van der Waals surface area contributed by atoms with Gasteiger partial charge in [-0.2, -0.15) is 0 Å². The van der Waals surface area contributed by atoms with E-state index in [1.54, 1.807) is 30.9 Å². The Balaban J connectivity index is 1.76. The Kier molecular flexibility index (Phi) is 8.00. The third kappa shape index (κ3) is 5.82. The lowest BCUT2D eigenvalue weighted by Gasteiger charge is -2.28. The number of amides is 1. The molecule has 1 aliphatic heterocycles. The lowest BCUT2D eigenvalue weighted by molar-refractivity contribution is -0.129.